The molecule has 2 aromatic carbocycles. The van der Waals surface area contributed by atoms with Crippen molar-refractivity contribution in [1.82, 2.24) is 0 Å². The van der Waals surface area contributed by atoms with Crippen molar-refractivity contribution in [2.75, 3.05) is 10.6 Å². The summed E-state index contributed by atoms with van der Waals surface area (Å²) < 4.78 is 5.62. The molecule has 1 atom stereocenters. The lowest BCUT2D eigenvalue weighted by atomic mass is 10.1. The monoisotopic (exact) mass is 302 g/mol. The first-order valence-electron chi connectivity index (χ1n) is 6.66. The minimum atomic E-state index is -0.506. The average molecular weight is 303 g/mol. The Morgan fingerprint density at radius 1 is 1.24 bits per heavy atom. The standard InChI is InChI=1S/C16H15ClN2O2/c1-10-16(20)19(9-11-2-4-12(17)5-3-11)14-8-13(18)6-7-15(14)21-10/h2-8,10H,9,18H2,1H3. The first kappa shape index (κ1) is 13.8. The largest absolute Gasteiger partial charge is 0.479 e. The van der Waals surface area contributed by atoms with Gasteiger partial charge in [-0.25, -0.2) is 0 Å². The van der Waals surface area contributed by atoms with Crippen LogP contribution in [0.1, 0.15) is 12.5 Å². The lowest BCUT2D eigenvalue weighted by molar-refractivity contribution is -0.125. The van der Waals surface area contributed by atoms with Crippen LogP contribution in [-0.4, -0.2) is 12.0 Å². The number of ether oxygens (including phenoxy) is 1. The van der Waals surface area contributed by atoms with E-state index in [-0.39, 0.29) is 5.91 Å². The van der Waals surface area contributed by atoms with Gasteiger partial charge in [-0.2, -0.15) is 0 Å². The summed E-state index contributed by atoms with van der Waals surface area (Å²) in [6.45, 7) is 2.21. The average Bonchev–Trinajstić information content (AvgIpc) is 2.47. The first-order chi connectivity index (χ1) is 10.0. The zero-order chi connectivity index (χ0) is 15.0. The second-order valence-corrected chi connectivity index (χ2v) is 5.47. The summed E-state index contributed by atoms with van der Waals surface area (Å²) in [4.78, 5) is 14.1. The molecule has 1 amide bonds. The molecular formula is C16H15ClN2O2. The molecule has 5 heteroatoms. The number of benzene rings is 2. The van der Waals surface area contributed by atoms with E-state index in [1.54, 1.807) is 30.0 Å². The van der Waals surface area contributed by atoms with E-state index in [2.05, 4.69) is 0 Å². The number of hydrogen-bond acceptors (Lipinski definition) is 3. The molecule has 1 aliphatic heterocycles. The minimum absolute atomic E-state index is 0.0805. The molecule has 0 saturated carbocycles. The van der Waals surface area contributed by atoms with Gasteiger partial charge in [0, 0.05) is 10.7 Å². The SMILES string of the molecule is CC1Oc2ccc(N)cc2N(Cc2ccc(Cl)cc2)C1=O. The third-order valence-electron chi connectivity index (χ3n) is 3.45. The van der Waals surface area contributed by atoms with Crippen LogP contribution in [0.25, 0.3) is 0 Å². The zero-order valence-electron chi connectivity index (χ0n) is 11.5. The number of hydrogen-bond donors (Lipinski definition) is 1. The van der Waals surface area contributed by atoms with Crippen molar-refractivity contribution >= 4 is 28.9 Å². The number of anilines is 2. The van der Waals surface area contributed by atoms with E-state index in [4.69, 9.17) is 22.1 Å². The summed E-state index contributed by atoms with van der Waals surface area (Å²) in [6.07, 6.45) is -0.506. The Balaban J connectivity index is 1.98. The number of carbonyl (C=O) groups excluding carboxylic acids is 1. The third-order valence-corrected chi connectivity index (χ3v) is 3.70. The molecule has 0 bridgehead atoms. The maximum Gasteiger partial charge on any atom is 0.268 e. The molecule has 2 aromatic rings. The van der Waals surface area contributed by atoms with Crippen LogP contribution >= 0.6 is 11.6 Å². The van der Waals surface area contributed by atoms with E-state index in [1.165, 1.54) is 0 Å². The van der Waals surface area contributed by atoms with Crippen molar-refractivity contribution in [2.24, 2.45) is 0 Å². The number of nitrogens with two attached hydrogens (primary N) is 1. The van der Waals surface area contributed by atoms with Crippen molar-refractivity contribution in [3.8, 4) is 5.75 Å². The van der Waals surface area contributed by atoms with E-state index in [0.717, 1.165) is 5.56 Å². The van der Waals surface area contributed by atoms with Gasteiger partial charge in [0.05, 0.1) is 12.2 Å². The molecule has 2 N–H and O–H groups in total. The van der Waals surface area contributed by atoms with Gasteiger partial charge in [-0.15, -0.1) is 0 Å². The van der Waals surface area contributed by atoms with Crippen LogP contribution in [-0.2, 0) is 11.3 Å². The number of halogens is 1. The van der Waals surface area contributed by atoms with E-state index >= 15 is 0 Å². The van der Waals surface area contributed by atoms with E-state index in [1.807, 2.05) is 24.3 Å². The summed E-state index contributed by atoms with van der Waals surface area (Å²) >= 11 is 5.89. The van der Waals surface area contributed by atoms with Crippen LogP contribution < -0.4 is 15.4 Å². The molecule has 108 valence electrons. The highest BCUT2D eigenvalue weighted by molar-refractivity contribution is 6.30. The molecule has 0 radical (unpaired) electrons. The Kier molecular flexibility index (Phi) is 3.47. The van der Waals surface area contributed by atoms with Crippen LogP contribution in [0.2, 0.25) is 5.02 Å². The van der Waals surface area contributed by atoms with E-state index in [9.17, 15) is 4.79 Å². The van der Waals surface area contributed by atoms with E-state index in [0.29, 0.717) is 28.7 Å². The van der Waals surface area contributed by atoms with Crippen molar-refractivity contribution < 1.29 is 9.53 Å². The fourth-order valence-corrected chi connectivity index (χ4v) is 2.49. The topological polar surface area (TPSA) is 55.6 Å². The fourth-order valence-electron chi connectivity index (χ4n) is 2.36. The second kappa shape index (κ2) is 5.30. The fraction of sp³-hybridized carbons (Fsp3) is 0.188. The zero-order valence-corrected chi connectivity index (χ0v) is 12.3. The van der Waals surface area contributed by atoms with Crippen molar-refractivity contribution in [3.63, 3.8) is 0 Å². The molecule has 1 heterocycles. The van der Waals surface area contributed by atoms with Gasteiger partial charge in [-0.05, 0) is 42.8 Å². The molecule has 3 rings (SSSR count). The van der Waals surface area contributed by atoms with Crippen molar-refractivity contribution in [2.45, 2.75) is 19.6 Å². The van der Waals surface area contributed by atoms with Crippen LogP contribution in [0.15, 0.2) is 42.5 Å². The Labute approximate surface area is 128 Å². The van der Waals surface area contributed by atoms with Gasteiger partial charge in [0.1, 0.15) is 5.75 Å². The predicted molar refractivity (Wildman–Crippen MR) is 83.6 cm³/mol. The van der Waals surface area contributed by atoms with Crippen LogP contribution in [0.4, 0.5) is 11.4 Å². The summed E-state index contributed by atoms with van der Waals surface area (Å²) in [5, 5.41) is 0.671. The lowest BCUT2D eigenvalue weighted by Gasteiger charge is -2.33. The van der Waals surface area contributed by atoms with Gasteiger partial charge in [-0.1, -0.05) is 23.7 Å². The Morgan fingerprint density at radius 3 is 2.67 bits per heavy atom. The number of fused-ring (bicyclic) bond motifs is 1. The molecule has 0 saturated heterocycles. The van der Waals surface area contributed by atoms with Crippen LogP contribution in [0.3, 0.4) is 0 Å². The van der Waals surface area contributed by atoms with Crippen LogP contribution in [0, 0.1) is 0 Å². The molecular weight excluding hydrogens is 288 g/mol. The van der Waals surface area contributed by atoms with Gasteiger partial charge in [-0.3, -0.25) is 4.79 Å². The number of nitrogens with zero attached hydrogens (tertiary/aromatic N) is 1. The quantitative estimate of drug-likeness (QED) is 0.867. The highest BCUT2D eigenvalue weighted by Crippen LogP contribution is 2.36. The molecule has 0 aromatic heterocycles. The van der Waals surface area contributed by atoms with Crippen molar-refractivity contribution in [1.29, 1.82) is 0 Å². The Hall–Kier alpha value is -2.20. The Bertz CT molecular complexity index is 685. The van der Waals surface area contributed by atoms with Crippen LogP contribution in [0.5, 0.6) is 5.75 Å². The summed E-state index contributed by atoms with van der Waals surface area (Å²) in [6, 6.07) is 12.7. The van der Waals surface area contributed by atoms with Gasteiger partial charge in [0.25, 0.3) is 5.91 Å². The molecule has 0 aliphatic carbocycles. The maximum absolute atomic E-state index is 12.4. The number of nitrogen functional groups attached to an aromatic ring is 1. The Morgan fingerprint density at radius 2 is 1.95 bits per heavy atom. The highest BCUT2D eigenvalue weighted by atomic mass is 35.5. The highest BCUT2D eigenvalue weighted by Gasteiger charge is 2.31. The number of carbonyl (C=O) groups is 1. The molecule has 4 nitrogen and oxygen atoms in total. The van der Waals surface area contributed by atoms with Gasteiger partial charge in [0.2, 0.25) is 0 Å². The molecule has 21 heavy (non-hydrogen) atoms. The molecule has 0 spiro atoms. The van der Waals surface area contributed by atoms with Gasteiger partial charge in [0.15, 0.2) is 6.10 Å². The number of amides is 1. The smallest absolute Gasteiger partial charge is 0.268 e. The van der Waals surface area contributed by atoms with Crippen molar-refractivity contribution in [3.05, 3.63) is 53.1 Å². The molecule has 0 fully saturated rings. The first-order valence-corrected chi connectivity index (χ1v) is 7.04. The molecule has 1 aliphatic rings. The maximum atomic E-state index is 12.4. The minimum Gasteiger partial charge on any atom is -0.479 e. The summed E-state index contributed by atoms with van der Waals surface area (Å²) in [5.41, 5.74) is 8.12. The predicted octanol–water partition coefficient (Wildman–Crippen LogP) is 3.24. The summed E-state index contributed by atoms with van der Waals surface area (Å²) in [7, 11) is 0. The van der Waals surface area contributed by atoms with Gasteiger partial charge < -0.3 is 15.4 Å². The summed E-state index contributed by atoms with van der Waals surface area (Å²) in [5.74, 6) is 0.591. The van der Waals surface area contributed by atoms with Gasteiger partial charge >= 0.3 is 0 Å². The lowest BCUT2D eigenvalue weighted by Crippen LogP contribution is -2.44. The van der Waals surface area contributed by atoms with E-state index < -0.39 is 6.10 Å². The second-order valence-electron chi connectivity index (χ2n) is 5.04. The third kappa shape index (κ3) is 2.67. The molecule has 1 unspecified atom stereocenters. The number of rotatable bonds is 2. The normalized spacial score (nSPS) is 17.3.